The number of nitrogens with zero attached hydrogens (tertiary/aromatic N) is 18. The van der Waals surface area contributed by atoms with Crippen LogP contribution in [0.2, 0.25) is 0 Å². The minimum absolute atomic E-state index is 0.0204. The molecule has 240 valence electrons. The van der Waals surface area contributed by atoms with E-state index in [4.69, 9.17) is 26.3 Å². The first kappa shape index (κ1) is 32.6. The van der Waals surface area contributed by atoms with Gasteiger partial charge in [-0.2, -0.15) is 26.3 Å². The number of nitriles is 5. The standard InChI is InChI=1S/C36H6N18/c1-42-21-8-27-26(7-18(21)13-39)50-35(51-27)30(45-4)36-53-33(19(14-40)31-46-24-5-16(11-37)17(12-38)6-25(24)47-31)52-34(54-36)20(15-41)32-48-28-9-22(43-2)23(44-3)10-29(28)49-32/h5-10H/b35-30-. The molecule has 0 spiro atoms. The molecule has 0 N–H and O–H groups in total. The van der Waals surface area contributed by atoms with Gasteiger partial charge in [0.05, 0.1) is 81.2 Å². The average molecular weight is 691 g/mol. The molecule has 3 aliphatic rings. The Kier molecular flexibility index (Phi) is 7.77. The summed E-state index contributed by atoms with van der Waals surface area (Å²) < 4.78 is 0. The first-order valence-corrected chi connectivity index (χ1v) is 14.6. The van der Waals surface area contributed by atoms with Gasteiger partial charge in [-0.25, -0.2) is 54.6 Å². The summed E-state index contributed by atoms with van der Waals surface area (Å²) in [6.07, 6.45) is 0. The highest BCUT2D eigenvalue weighted by atomic mass is 15.1. The molecule has 0 saturated carbocycles. The van der Waals surface area contributed by atoms with Crippen LogP contribution in [0, 0.1) is 82.9 Å². The molecule has 0 saturated heterocycles. The number of hydrogen-bond donors (Lipinski definition) is 0. The fourth-order valence-electron chi connectivity index (χ4n) is 5.18. The smallest absolute Gasteiger partial charge is 0.250 e. The maximum absolute atomic E-state index is 10.4. The Hall–Kier alpha value is -9.90. The summed E-state index contributed by atoms with van der Waals surface area (Å²) >= 11 is 0. The molecule has 0 bridgehead atoms. The largest absolute Gasteiger partial charge is 0.274 e. The Morgan fingerprint density at radius 2 is 0.796 bits per heavy atom. The first-order chi connectivity index (χ1) is 26.3. The molecule has 54 heavy (non-hydrogen) atoms. The van der Waals surface area contributed by atoms with Crippen molar-refractivity contribution >= 4 is 33.9 Å². The molecule has 4 heterocycles. The number of allylic oxidation sites excluding steroid dienone is 2. The van der Waals surface area contributed by atoms with Crippen molar-refractivity contribution in [1.29, 1.82) is 26.3 Å². The van der Waals surface area contributed by atoms with Crippen LogP contribution in [0.25, 0.3) is 36.2 Å². The average Bonchev–Trinajstić information content (AvgIpc) is 3.92. The van der Waals surface area contributed by atoms with Gasteiger partial charge in [0.2, 0.25) is 5.69 Å². The molecule has 0 radical (unpaired) electrons. The van der Waals surface area contributed by atoms with Gasteiger partial charge >= 0.3 is 0 Å². The maximum atomic E-state index is 10.4. The molecule has 4 aromatic rings. The van der Waals surface area contributed by atoms with E-state index in [1.807, 2.05) is 30.3 Å². The zero-order chi connectivity index (χ0) is 38.1. The van der Waals surface area contributed by atoms with Gasteiger partial charge in [-0.3, -0.25) is 9.69 Å². The van der Waals surface area contributed by atoms with Gasteiger partial charge in [-0.1, -0.05) is 0 Å². The SMILES string of the molecule is [C-]#[N+]/C(=C1/N=c2cc(C#N)c([N+]#[C-])cc2=N1)c1nc(C(C#N)=C2N=c3cc(C#N)c(C#N)cc3=N2)nc(C(C#N)=C2N=c3cc([N+]#[C-])c([N+]#[C-])cc3=N2)n1. The van der Waals surface area contributed by atoms with Crippen LogP contribution < -0.4 is 32.1 Å². The van der Waals surface area contributed by atoms with E-state index in [-0.39, 0.29) is 100 Å². The number of fused-ring (bicyclic) bond motifs is 3. The Balaban J connectivity index is 1.51. The topological polar surface area (TPSA) is 249 Å². The Morgan fingerprint density at radius 3 is 1.17 bits per heavy atom. The van der Waals surface area contributed by atoms with E-state index >= 15 is 0 Å². The zero-order valence-corrected chi connectivity index (χ0v) is 26.5. The summed E-state index contributed by atoms with van der Waals surface area (Å²) in [6, 6.07) is 17.7. The summed E-state index contributed by atoms with van der Waals surface area (Å²) in [5.74, 6) is -1.82. The van der Waals surface area contributed by atoms with Crippen LogP contribution in [0.5, 0.6) is 0 Å². The molecular weight excluding hydrogens is 685 g/mol. The summed E-state index contributed by atoms with van der Waals surface area (Å²) in [5.41, 5.74) is -0.878. The second kappa shape index (κ2) is 12.9. The van der Waals surface area contributed by atoms with Gasteiger partial charge in [-0.05, 0) is 36.4 Å². The van der Waals surface area contributed by atoms with Crippen LogP contribution >= 0.6 is 0 Å². The van der Waals surface area contributed by atoms with E-state index < -0.39 is 17.5 Å². The van der Waals surface area contributed by atoms with E-state index in [2.05, 4.69) is 64.3 Å². The van der Waals surface area contributed by atoms with Crippen LogP contribution in [0.1, 0.15) is 34.2 Å². The molecular formula is C36H6N18. The van der Waals surface area contributed by atoms with Crippen LogP contribution in [-0.2, 0) is 0 Å². The number of rotatable bonds is 3. The molecule has 0 unspecified atom stereocenters. The van der Waals surface area contributed by atoms with Crippen LogP contribution in [0.4, 0.5) is 17.1 Å². The highest BCUT2D eigenvalue weighted by molar-refractivity contribution is 5.81. The third kappa shape index (κ3) is 5.28. The van der Waals surface area contributed by atoms with Crippen molar-refractivity contribution in [3.63, 3.8) is 0 Å². The molecule has 0 atom stereocenters. The molecule has 0 fully saturated rings. The Morgan fingerprint density at radius 1 is 0.444 bits per heavy atom. The van der Waals surface area contributed by atoms with E-state index in [0.29, 0.717) is 0 Å². The minimum atomic E-state index is -0.400. The van der Waals surface area contributed by atoms with Crippen LogP contribution in [-0.4, -0.2) is 15.0 Å². The molecule has 3 aromatic carbocycles. The maximum Gasteiger partial charge on any atom is 0.274 e. The van der Waals surface area contributed by atoms with Crippen molar-refractivity contribution in [2.75, 3.05) is 0 Å². The van der Waals surface area contributed by atoms with E-state index in [0.717, 1.165) is 0 Å². The van der Waals surface area contributed by atoms with Crippen molar-refractivity contribution in [3.05, 3.63) is 166 Å². The predicted octanol–water partition coefficient (Wildman–Crippen LogP) is 1.93. The second-order valence-electron chi connectivity index (χ2n) is 10.6. The lowest BCUT2D eigenvalue weighted by Crippen LogP contribution is -2.22. The first-order valence-electron chi connectivity index (χ1n) is 14.6. The van der Waals surface area contributed by atoms with E-state index in [1.54, 1.807) is 0 Å². The molecule has 0 aliphatic carbocycles. The minimum Gasteiger partial charge on any atom is -0.250 e. The lowest BCUT2D eigenvalue weighted by atomic mass is 10.1. The number of aromatic nitrogens is 3. The fourth-order valence-corrected chi connectivity index (χ4v) is 5.18. The van der Waals surface area contributed by atoms with Crippen LogP contribution in [0.3, 0.4) is 0 Å². The summed E-state index contributed by atoms with van der Waals surface area (Å²) in [4.78, 5) is 52.9. The molecule has 18 nitrogen and oxygen atoms in total. The fraction of sp³-hybridized carbons (Fsp3) is 0. The molecule has 0 amide bonds. The van der Waals surface area contributed by atoms with Gasteiger partial charge in [0.25, 0.3) is 5.70 Å². The van der Waals surface area contributed by atoms with E-state index in [9.17, 15) is 26.3 Å². The monoisotopic (exact) mass is 690 g/mol. The van der Waals surface area contributed by atoms with E-state index in [1.165, 1.54) is 36.4 Å². The number of hydrogen-bond acceptors (Lipinski definition) is 14. The third-order valence-corrected chi connectivity index (χ3v) is 7.65. The molecule has 7 rings (SSSR count). The van der Waals surface area contributed by atoms with Crippen molar-refractivity contribution in [3.8, 4) is 30.3 Å². The second-order valence-corrected chi connectivity index (χ2v) is 10.6. The Labute approximate surface area is 300 Å². The Bertz CT molecular complexity index is 2890. The zero-order valence-electron chi connectivity index (χ0n) is 26.5. The molecule has 1 aromatic heterocycles. The third-order valence-electron chi connectivity index (χ3n) is 7.65. The van der Waals surface area contributed by atoms with Gasteiger partial charge in [0.15, 0.2) is 46.3 Å². The lowest BCUT2D eigenvalue weighted by Gasteiger charge is -2.07. The van der Waals surface area contributed by atoms with Crippen molar-refractivity contribution in [2.24, 2.45) is 30.0 Å². The highest BCUT2D eigenvalue weighted by Crippen LogP contribution is 2.28. The van der Waals surface area contributed by atoms with Crippen molar-refractivity contribution in [2.45, 2.75) is 0 Å². The van der Waals surface area contributed by atoms with Gasteiger partial charge in [0, 0.05) is 0 Å². The van der Waals surface area contributed by atoms with Crippen molar-refractivity contribution in [1.82, 2.24) is 15.0 Å². The lowest BCUT2D eigenvalue weighted by molar-refractivity contribution is 0.958. The molecule has 3 aliphatic heterocycles. The van der Waals surface area contributed by atoms with Gasteiger partial charge in [0.1, 0.15) is 35.4 Å². The van der Waals surface area contributed by atoms with Gasteiger partial charge < -0.3 is 0 Å². The molecule has 18 heteroatoms. The summed E-state index contributed by atoms with van der Waals surface area (Å²) in [6.45, 7) is 30.2. The van der Waals surface area contributed by atoms with Gasteiger partial charge in [-0.15, -0.1) is 0 Å². The van der Waals surface area contributed by atoms with Crippen molar-refractivity contribution < 1.29 is 0 Å². The van der Waals surface area contributed by atoms with Crippen LogP contribution in [0.15, 0.2) is 83.8 Å². The normalized spacial score (nSPS) is 12.9. The predicted molar refractivity (Wildman–Crippen MR) is 178 cm³/mol. The number of benzene rings is 3. The highest BCUT2D eigenvalue weighted by Gasteiger charge is 2.25. The quantitative estimate of drug-likeness (QED) is 0.226. The summed E-state index contributed by atoms with van der Waals surface area (Å²) in [5, 5.41) is 50.4. The summed E-state index contributed by atoms with van der Waals surface area (Å²) in [7, 11) is 0.